The molecule has 0 N–H and O–H groups in total. The maximum atomic E-state index is 9.29. The summed E-state index contributed by atoms with van der Waals surface area (Å²) in [6.45, 7) is 0. The molecule has 0 fully saturated rings. The van der Waals surface area contributed by atoms with Crippen molar-refractivity contribution in [2.24, 2.45) is 0 Å². The van der Waals surface area contributed by atoms with Crippen molar-refractivity contribution in [2.75, 3.05) is 0 Å². The third kappa shape index (κ3) is 40.8. The fraction of sp³-hybridized carbons (Fsp3) is 0. The van der Waals surface area contributed by atoms with Crippen LogP contribution in [0.2, 0.25) is 0 Å². The Bertz CT molecular complexity index is 61.4. The van der Waals surface area contributed by atoms with Crippen molar-refractivity contribution in [3.63, 3.8) is 0 Å². The van der Waals surface area contributed by atoms with Crippen LogP contribution in [0.15, 0.2) is 0 Å². The standard InChI is InChI=1S/3K.H3O2PS2/c;;;1-3(2,4)5/h;;;(H3,1,2,4,5)/q3*+1;/p-3. The van der Waals surface area contributed by atoms with Crippen LogP contribution in [0.1, 0.15) is 0 Å². The van der Waals surface area contributed by atoms with E-state index in [2.05, 4.69) is 24.1 Å². The van der Waals surface area contributed by atoms with Gasteiger partial charge in [0.05, 0.1) is 0 Å². The van der Waals surface area contributed by atoms with Crippen molar-refractivity contribution in [1.29, 1.82) is 0 Å². The summed E-state index contributed by atoms with van der Waals surface area (Å²) in [5.74, 6) is 0. The van der Waals surface area contributed by atoms with E-state index in [-0.39, 0.29) is 154 Å². The van der Waals surface area contributed by atoms with Crippen LogP contribution < -0.4 is 164 Å². The summed E-state index contributed by atoms with van der Waals surface area (Å²) < 4.78 is 0. The molecule has 32 valence electrons. The summed E-state index contributed by atoms with van der Waals surface area (Å²) in [5.41, 5.74) is -3.72. The second kappa shape index (κ2) is 12.8. The average molecular weight is 244 g/mol. The van der Waals surface area contributed by atoms with Gasteiger partial charge in [-0.15, -0.1) is 0 Å². The van der Waals surface area contributed by atoms with E-state index in [1.165, 1.54) is 0 Å². The van der Waals surface area contributed by atoms with Crippen molar-refractivity contribution < 1.29 is 164 Å². The fourth-order valence-corrected chi connectivity index (χ4v) is 0. The monoisotopic (exact) mass is 244 g/mol. The molecule has 0 saturated heterocycles. The van der Waals surface area contributed by atoms with Gasteiger partial charge in [-0.2, -0.15) is 11.8 Å². The van der Waals surface area contributed by atoms with Crippen molar-refractivity contribution >= 4 is 29.7 Å². The Morgan fingerprint density at radius 3 is 1.12 bits per heavy atom. The topological polar surface area (TPSA) is 46.1 Å². The summed E-state index contributed by atoms with van der Waals surface area (Å²) >= 11 is 7.28. The van der Waals surface area contributed by atoms with Crippen LogP contribution in [-0.4, -0.2) is 0 Å². The van der Waals surface area contributed by atoms with Crippen LogP contribution >= 0.6 is 5.69 Å². The largest absolute Gasteiger partial charge is 1.00 e. The van der Waals surface area contributed by atoms with Gasteiger partial charge >= 0.3 is 154 Å². The molecule has 0 heterocycles. The summed E-state index contributed by atoms with van der Waals surface area (Å²) in [5, 5.41) is 0. The normalized spacial score (nSPS) is 7.38. The van der Waals surface area contributed by atoms with Crippen LogP contribution in [0.25, 0.3) is 0 Å². The molecule has 0 aromatic carbocycles. The molecule has 2 nitrogen and oxygen atoms in total. The molecule has 0 unspecified atom stereocenters. The van der Waals surface area contributed by atoms with Crippen molar-refractivity contribution in [3.8, 4) is 0 Å². The molecule has 8 heavy (non-hydrogen) atoms. The van der Waals surface area contributed by atoms with E-state index in [1.807, 2.05) is 0 Å². The fourth-order valence-electron chi connectivity index (χ4n) is 0. The van der Waals surface area contributed by atoms with Crippen LogP contribution in [0.3, 0.4) is 0 Å². The molecular formula is K3O2PS2. The number of rotatable bonds is 0. The average Bonchev–Trinajstić information content (AvgIpc) is 0.722. The van der Waals surface area contributed by atoms with E-state index >= 15 is 0 Å². The Morgan fingerprint density at radius 1 is 1.12 bits per heavy atom. The summed E-state index contributed by atoms with van der Waals surface area (Å²) in [4.78, 5) is 18.6. The maximum absolute atomic E-state index is 9.29. The van der Waals surface area contributed by atoms with Crippen molar-refractivity contribution in [1.82, 2.24) is 0 Å². The third-order valence-corrected chi connectivity index (χ3v) is 0. The smallest absolute Gasteiger partial charge is 0.850 e. The minimum Gasteiger partial charge on any atom is -0.850 e. The Labute approximate surface area is 187 Å². The zero-order valence-corrected chi connectivity index (χ0v) is 17.0. The molecule has 8 heteroatoms. The van der Waals surface area contributed by atoms with Gasteiger partial charge in [-0.25, -0.2) is 0 Å². The Balaban J connectivity index is -0.0000000267. The second-order valence-electron chi connectivity index (χ2n) is 0.447. The first-order chi connectivity index (χ1) is 2.00. The predicted octanol–water partition coefficient (Wildman–Crippen LogP) is -10.5. The minimum absolute atomic E-state index is 0. The van der Waals surface area contributed by atoms with Crippen LogP contribution in [0.4, 0.5) is 0 Å². The molecule has 0 bridgehead atoms. The summed E-state index contributed by atoms with van der Waals surface area (Å²) in [6, 6.07) is 0. The van der Waals surface area contributed by atoms with Gasteiger partial charge in [0.25, 0.3) is 0 Å². The molecule has 0 radical (unpaired) electrons. The van der Waals surface area contributed by atoms with Crippen LogP contribution in [0, 0.1) is 0 Å². The minimum atomic E-state index is -3.72. The predicted molar refractivity (Wildman–Crippen MR) is 21.6 cm³/mol. The quantitative estimate of drug-likeness (QED) is 0.241. The van der Waals surface area contributed by atoms with Gasteiger partial charge < -0.3 is 27.7 Å². The van der Waals surface area contributed by atoms with E-state index in [0.717, 1.165) is 0 Å². The zero-order chi connectivity index (χ0) is 4.50. The Hall–Kier alpha value is 5.83. The van der Waals surface area contributed by atoms with E-state index in [4.69, 9.17) is 0 Å². The van der Waals surface area contributed by atoms with Crippen molar-refractivity contribution in [3.05, 3.63) is 0 Å². The van der Waals surface area contributed by atoms with Gasteiger partial charge in [0.2, 0.25) is 0 Å². The van der Waals surface area contributed by atoms with E-state index in [9.17, 15) is 9.79 Å². The molecule has 0 aromatic heterocycles. The summed E-state index contributed by atoms with van der Waals surface area (Å²) in [7, 11) is 0. The molecule has 0 aliphatic carbocycles. The zero-order valence-electron chi connectivity index (χ0n) is 5.08. The molecule has 0 atom stereocenters. The van der Waals surface area contributed by atoms with Gasteiger partial charge in [0, 0.05) is 0 Å². The van der Waals surface area contributed by atoms with Crippen LogP contribution in [-0.2, 0) is 24.1 Å². The first-order valence-electron chi connectivity index (χ1n) is 0.730. The van der Waals surface area contributed by atoms with Crippen molar-refractivity contribution in [2.45, 2.75) is 0 Å². The van der Waals surface area contributed by atoms with Gasteiger partial charge in [0.1, 0.15) is 0 Å². The Morgan fingerprint density at radius 2 is 1.12 bits per heavy atom. The van der Waals surface area contributed by atoms with Gasteiger partial charge in [-0.3, -0.25) is 0 Å². The molecule has 0 saturated carbocycles. The molecular weight excluding hydrogens is 244 g/mol. The van der Waals surface area contributed by atoms with E-state index in [1.54, 1.807) is 0 Å². The molecule has 0 spiro atoms. The van der Waals surface area contributed by atoms with Crippen LogP contribution in [0.5, 0.6) is 0 Å². The SMILES string of the molecule is [K+].[K+].[K+].[O-]P([O-])(=S)[S-]. The molecule has 0 amide bonds. The number of hydrogen-bond donors (Lipinski definition) is 0. The third-order valence-electron chi connectivity index (χ3n) is 0. The van der Waals surface area contributed by atoms with Gasteiger partial charge in [-0.1, -0.05) is 0 Å². The second-order valence-corrected chi connectivity index (χ2v) is 4.92. The molecule has 0 rings (SSSR count). The first kappa shape index (κ1) is 23.6. The first-order valence-corrected chi connectivity index (χ1v) is 4.38. The van der Waals surface area contributed by atoms with Gasteiger partial charge in [0.15, 0.2) is 0 Å². The molecule has 0 aliphatic rings. The summed E-state index contributed by atoms with van der Waals surface area (Å²) in [6.07, 6.45) is 0. The van der Waals surface area contributed by atoms with E-state index in [0.29, 0.717) is 0 Å². The van der Waals surface area contributed by atoms with E-state index < -0.39 is 5.69 Å². The molecule has 0 aliphatic heterocycles. The van der Waals surface area contributed by atoms with Gasteiger partial charge in [-0.05, 0) is 0 Å². The maximum Gasteiger partial charge on any atom is 1.00 e. The Kier molecular flexibility index (Phi) is 37.8. The molecule has 0 aromatic rings. The number of hydrogen-bond acceptors (Lipinski definition) is 4.